The van der Waals surface area contributed by atoms with E-state index in [0.717, 1.165) is 21.3 Å². The maximum atomic E-state index is 12.5. The summed E-state index contributed by atoms with van der Waals surface area (Å²) in [6.07, 6.45) is 0. The molecule has 0 saturated carbocycles. The molecule has 1 atom stereocenters. The number of amides is 3. The summed E-state index contributed by atoms with van der Waals surface area (Å²) < 4.78 is 0.900. The molecule has 2 aromatic rings. The lowest BCUT2D eigenvalue weighted by molar-refractivity contribution is -0.122. The SMILES string of the molecule is NNC(=O)CN1C(=O)Nc2ccc(Br)cc2[C@@H]1c1ccccc1. The third-order valence-corrected chi connectivity index (χ3v) is 4.21. The predicted octanol–water partition coefficient (Wildman–Crippen LogP) is 2.38. The van der Waals surface area contributed by atoms with E-state index in [-0.39, 0.29) is 18.6 Å². The fourth-order valence-corrected chi connectivity index (χ4v) is 3.08. The van der Waals surface area contributed by atoms with Gasteiger partial charge in [-0.1, -0.05) is 46.3 Å². The third-order valence-electron chi connectivity index (χ3n) is 3.71. The van der Waals surface area contributed by atoms with Crippen molar-refractivity contribution in [1.29, 1.82) is 0 Å². The molecular formula is C16H15BrN4O2. The van der Waals surface area contributed by atoms with Crippen LogP contribution in [0.25, 0.3) is 0 Å². The number of nitrogens with two attached hydrogens (primary N) is 1. The molecule has 0 bridgehead atoms. The maximum absolute atomic E-state index is 12.5. The molecule has 1 heterocycles. The number of nitrogens with one attached hydrogen (secondary N) is 2. The van der Waals surface area contributed by atoms with Crippen LogP contribution in [0.1, 0.15) is 17.2 Å². The van der Waals surface area contributed by atoms with Crippen LogP contribution in [0.5, 0.6) is 0 Å². The monoisotopic (exact) mass is 374 g/mol. The summed E-state index contributed by atoms with van der Waals surface area (Å²) in [7, 11) is 0. The van der Waals surface area contributed by atoms with Crippen LogP contribution in [0, 0.1) is 0 Å². The van der Waals surface area contributed by atoms with E-state index < -0.39 is 5.91 Å². The van der Waals surface area contributed by atoms with E-state index in [0.29, 0.717) is 0 Å². The molecule has 118 valence electrons. The number of hydrogen-bond donors (Lipinski definition) is 3. The lowest BCUT2D eigenvalue weighted by atomic mass is 9.94. The smallest absolute Gasteiger partial charge is 0.307 e. The first kappa shape index (κ1) is 15.5. The van der Waals surface area contributed by atoms with Gasteiger partial charge in [-0.15, -0.1) is 0 Å². The van der Waals surface area contributed by atoms with E-state index in [9.17, 15) is 9.59 Å². The number of fused-ring (bicyclic) bond motifs is 1. The number of urea groups is 1. The Morgan fingerprint density at radius 1 is 1.26 bits per heavy atom. The molecule has 1 aliphatic rings. The summed E-state index contributed by atoms with van der Waals surface area (Å²) in [6, 6.07) is 14.5. The molecule has 0 fully saturated rings. The summed E-state index contributed by atoms with van der Waals surface area (Å²) in [6.45, 7) is -0.131. The number of hydrogen-bond acceptors (Lipinski definition) is 3. The average molecular weight is 375 g/mol. The van der Waals surface area contributed by atoms with E-state index in [1.54, 1.807) is 0 Å². The Hall–Kier alpha value is -2.38. The molecule has 23 heavy (non-hydrogen) atoms. The number of carbonyl (C=O) groups excluding carboxylic acids is 2. The van der Waals surface area contributed by atoms with Crippen molar-refractivity contribution in [3.63, 3.8) is 0 Å². The molecule has 2 aromatic carbocycles. The molecule has 4 N–H and O–H groups in total. The van der Waals surface area contributed by atoms with Gasteiger partial charge in [0.15, 0.2) is 0 Å². The quantitative estimate of drug-likeness (QED) is 0.437. The summed E-state index contributed by atoms with van der Waals surface area (Å²) in [4.78, 5) is 25.6. The molecule has 3 rings (SSSR count). The van der Waals surface area contributed by atoms with Gasteiger partial charge in [-0.2, -0.15) is 0 Å². The zero-order chi connectivity index (χ0) is 16.4. The largest absolute Gasteiger partial charge is 0.323 e. The van der Waals surface area contributed by atoms with E-state index in [2.05, 4.69) is 26.7 Å². The van der Waals surface area contributed by atoms with E-state index >= 15 is 0 Å². The number of rotatable bonds is 3. The summed E-state index contributed by atoms with van der Waals surface area (Å²) >= 11 is 3.46. The van der Waals surface area contributed by atoms with Gasteiger partial charge in [-0.3, -0.25) is 10.2 Å². The van der Waals surface area contributed by atoms with Crippen molar-refractivity contribution in [2.75, 3.05) is 11.9 Å². The fourth-order valence-electron chi connectivity index (χ4n) is 2.70. The Labute approximate surface area is 141 Å². The fraction of sp³-hybridized carbons (Fsp3) is 0.125. The molecule has 0 aliphatic carbocycles. The van der Waals surface area contributed by atoms with Crippen molar-refractivity contribution in [1.82, 2.24) is 10.3 Å². The minimum atomic E-state index is -0.431. The van der Waals surface area contributed by atoms with Gasteiger partial charge >= 0.3 is 6.03 Å². The van der Waals surface area contributed by atoms with Gasteiger partial charge in [0.1, 0.15) is 6.54 Å². The van der Waals surface area contributed by atoms with Crippen LogP contribution >= 0.6 is 15.9 Å². The van der Waals surface area contributed by atoms with Crippen molar-refractivity contribution in [2.24, 2.45) is 5.84 Å². The standard InChI is InChI=1S/C16H15BrN4O2/c17-11-6-7-13-12(8-11)15(10-4-2-1-3-5-10)21(16(23)19-13)9-14(22)20-18/h1-8,15H,9,18H2,(H,19,23)(H,20,22)/t15-/m0/s1. The lowest BCUT2D eigenvalue weighted by Crippen LogP contribution is -2.48. The van der Waals surface area contributed by atoms with Gasteiger partial charge in [0.2, 0.25) is 0 Å². The first-order valence-electron chi connectivity index (χ1n) is 7.01. The topological polar surface area (TPSA) is 87.5 Å². The zero-order valence-corrected chi connectivity index (χ0v) is 13.7. The molecule has 0 spiro atoms. The molecular weight excluding hydrogens is 360 g/mol. The van der Waals surface area contributed by atoms with Gasteiger partial charge in [-0.05, 0) is 23.8 Å². The molecule has 6 nitrogen and oxygen atoms in total. The van der Waals surface area contributed by atoms with E-state index in [1.165, 1.54) is 4.90 Å². The van der Waals surface area contributed by atoms with Crippen molar-refractivity contribution >= 4 is 33.6 Å². The molecule has 0 unspecified atom stereocenters. The third kappa shape index (κ3) is 3.06. The molecule has 0 saturated heterocycles. The van der Waals surface area contributed by atoms with Crippen LogP contribution in [-0.2, 0) is 4.79 Å². The van der Waals surface area contributed by atoms with Crippen LogP contribution in [0.3, 0.4) is 0 Å². The number of hydrazine groups is 1. The normalized spacial score (nSPS) is 16.5. The minimum Gasteiger partial charge on any atom is -0.307 e. The van der Waals surface area contributed by atoms with E-state index in [4.69, 9.17) is 5.84 Å². The predicted molar refractivity (Wildman–Crippen MR) is 90.5 cm³/mol. The Kier molecular flexibility index (Phi) is 4.31. The molecule has 7 heteroatoms. The van der Waals surface area contributed by atoms with Crippen molar-refractivity contribution in [2.45, 2.75) is 6.04 Å². The highest BCUT2D eigenvalue weighted by Crippen LogP contribution is 2.38. The number of benzene rings is 2. The number of nitrogens with zero attached hydrogens (tertiary/aromatic N) is 1. The second-order valence-corrected chi connectivity index (χ2v) is 6.09. The van der Waals surface area contributed by atoms with Crippen LogP contribution in [0.15, 0.2) is 53.0 Å². The Morgan fingerprint density at radius 2 is 2.00 bits per heavy atom. The number of carbonyl (C=O) groups is 2. The Morgan fingerprint density at radius 3 is 2.70 bits per heavy atom. The molecule has 0 aromatic heterocycles. The number of halogens is 1. The van der Waals surface area contributed by atoms with Crippen LogP contribution in [-0.4, -0.2) is 23.4 Å². The van der Waals surface area contributed by atoms with Crippen LogP contribution < -0.4 is 16.6 Å². The maximum Gasteiger partial charge on any atom is 0.323 e. The Balaban J connectivity index is 2.12. The zero-order valence-electron chi connectivity index (χ0n) is 12.1. The van der Waals surface area contributed by atoms with Gasteiger partial charge in [0.25, 0.3) is 5.91 Å². The first-order valence-corrected chi connectivity index (χ1v) is 7.81. The van der Waals surface area contributed by atoms with Crippen LogP contribution in [0.2, 0.25) is 0 Å². The molecule has 0 radical (unpaired) electrons. The highest BCUT2D eigenvalue weighted by molar-refractivity contribution is 9.10. The lowest BCUT2D eigenvalue weighted by Gasteiger charge is -2.37. The molecule has 3 amide bonds. The minimum absolute atomic E-state index is 0.131. The van der Waals surface area contributed by atoms with Gasteiger partial charge < -0.3 is 10.2 Å². The van der Waals surface area contributed by atoms with Crippen molar-refractivity contribution < 1.29 is 9.59 Å². The summed E-state index contributed by atoms with van der Waals surface area (Å²) in [5.74, 6) is 4.74. The highest BCUT2D eigenvalue weighted by atomic mass is 79.9. The second-order valence-electron chi connectivity index (χ2n) is 5.17. The summed E-state index contributed by atoms with van der Waals surface area (Å²) in [5.41, 5.74) is 4.64. The molecule has 1 aliphatic heterocycles. The Bertz CT molecular complexity index is 751. The van der Waals surface area contributed by atoms with Gasteiger partial charge in [-0.25, -0.2) is 10.6 Å². The second kappa shape index (κ2) is 6.39. The van der Waals surface area contributed by atoms with Crippen molar-refractivity contribution in [3.8, 4) is 0 Å². The van der Waals surface area contributed by atoms with Crippen molar-refractivity contribution in [3.05, 3.63) is 64.1 Å². The highest BCUT2D eigenvalue weighted by Gasteiger charge is 2.34. The first-order chi connectivity index (χ1) is 11.1. The average Bonchev–Trinajstić information content (AvgIpc) is 2.56. The number of anilines is 1. The van der Waals surface area contributed by atoms with Gasteiger partial charge in [0, 0.05) is 15.7 Å². The summed E-state index contributed by atoms with van der Waals surface area (Å²) in [5, 5.41) is 2.81. The van der Waals surface area contributed by atoms with Crippen LogP contribution in [0.4, 0.5) is 10.5 Å². The van der Waals surface area contributed by atoms with Gasteiger partial charge in [0.05, 0.1) is 6.04 Å². The van der Waals surface area contributed by atoms with E-state index in [1.807, 2.05) is 48.5 Å².